The molecule has 1 aromatic heterocycles. The first-order chi connectivity index (χ1) is 20.3. The molecule has 2 amide bonds. The monoisotopic (exact) mass is 573 g/mol. The number of carbonyl (C=O) groups is 2. The maximum absolute atomic E-state index is 13.3. The summed E-state index contributed by atoms with van der Waals surface area (Å²) >= 11 is 0. The largest absolute Gasteiger partial charge is 0.586 e. The summed E-state index contributed by atoms with van der Waals surface area (Å²) in [5, 5.41) is 8.83. The Labute approximate surface area is 241 Å². The van der Waals surface area contributed by atoms with E-state index < -0.39 is 12.2 Å². The molecule has 216 valence electrons. The third-order valence-corrected chi connectivity index (χ3v) is 6.52. The molecule has 0 saturated carbocycles. The van der Waals surface area contributed by atoms with Gasteiger partial charge in [0, 0.05) is 56.0 Å². The Hall–Kier alpha value is -5.19. The molecular weight excluding hydrogens is 544 g/mol. The van der Waals surface area contributed by atoms with E-state index in [-0.39, 0.29) is 23.1 Å². The predicted molar refractivity (Wildman–Crippen MR) is 155 cm³/mol. The molecule has 0 bridgehead atoms. The summed E-state index contributed by atoms with van der Waals surface area (Å²) < 4.78 is 35.5. The quantitative estimate of drug-likeness (QED) is 0.203. The number of ether oxygens (including phenoxy) is 2. The Balaban J connectivity index is 1.14. The molecule has 11 heteroatoms. The summed E-state index contributed by atoms with van der Waals surface area (Å²) in [4.78, 5) is 32.0. The number of hydrogen-bond donors (Lipinski definition) is 3. The van der Waals surface area contributed by atoms with Gasteiger partial charge in [0.25, 0.3) is 11.8 Å². The smallest absolute Gasteiger partial charge is 0.395 e. The summed E-state index contributed by atoms with van der Waals surface area (Å²) in [6, 6.07) is 24.4. The molecule has 0 unspecified atom stereocenters. The van der Waals surface area contributed by atoms with Crippen LogP contribution in [-0.2, 0) is 6.54 Å². The molecule has 0 radical (unpaired) electrons. The maximum Gasteiger partial charge on any atom is 0.586 e. The van der Waals surface area contributed by atoms with Crippen LogP contribution < -0.4 is 30.3 Å². The Morgan fingerprint density at radius 1 is 0.905 bits per heavy atom. The average Bonchev–Trinajstić information content (AvgIpc) is 3.31. The number of halogens is 2. The van der Waals surface area contributed by atoms with E-state index in [2.05, 4.69) is 35.3 Å². The first-order valence-corrected chi connectivity index (χ1v) is 13.3. The highest BCUT2D eigenvalue weighted by molar-refractivity contribution is 6.08. The summed E-state index contributed by atoms with van der Waals surface area (Å²) in [5.41, 5.74) is 3.37. The van der Waals surface area contributed by atoms with Crippen molar-refractivity contribution >= 4 is 28.9 Å². The fraction of sp³-hybridized carbons (Fsp3) is 0.194. The number of pyridine rings is 1. The minimum atomic E-state index is -3.74. The molecule has 4 aromatic rings. The summed E-state index contributed by atoms with van der Waals surface area (Å²) in [6.45, 7) is 1.63. The second kappa shape index (κ2) is 12.5. The van der Waals surface area contributed by atoms with Gasteiger partial charge in [0.1, 0.15) is 5.69 Å². The highest BCUT2D eigenvalue weighted by Gasteiger charge is 2.43. The molecule has 0 spiro atoms. The zero-order valence-corrected chi connectivity index (χ0v) is 22.8. The third kappa shape index (κ3) is 7.11. The standard InChI is InChI=1S/C31H29F2N5O4/c1-38(23-8-3-2-4-9-23)17-7-15-35-30(40)26-18-21(14-16-34-26)20-36-25-11-6-5-10-24(25)29(39)37-22-12-13-27-28(19-22)42-31(32,33)41-27/h2-6,8-14,16,18-19,36H,7,15,17,20H2,1H3,(H,35,40)(H,37,39). The van der Waals surface area contributed by atoms with Crippen molar-refractivity contribution < 1.29 is 27.8 Å². The van der Waals surface area contributed by atoms with Crippen molar-refractivity contribution in [2.75, 3.05) is 35.7 Å². The number of amides is 2. The molecular formula is C31H29F2N5O4. The Bertz CT molecular complexity index is 1570. The number of nitrogens with zero attached hydrogens (tertiary/aromatic N) is 2. The highest BCUT2D eigenvalue weighted by Crippen LogP contribution is 2.42. The lowest BCUT2D eigenvalue weighted by Gasteiger charge is -2.19. The number of alkyl halides is 2. The maximum atomic E-state index is 13.3. The zero-order chi connectivity index (χ0) is 29.5. The van der Waals surface area contributed by atoms with Crippen molar-refractivity contribution in [2.45, 2.75) is 19.3 Å². The summed E-state index contributed by atoms with van der Waals surface area (Å²) in [6.07, 6.45) is -1.40. The van der Waals surface area contributed by atoms with Gasteiger partial charge in [-0.1, -0.05) is 30.3 Å². The number of nitrogens with one attached hydrogen (secondary N) is 3. The van der Waals surface area contributed by atoms with Gasteiger partial charge in [0.05, 0.1) is 5.56 Å². The minimum absolute atomic E-state index is 0.110. The van der Waals surface area contributed by atoms with E-state index in [0.717, 1.165) is 24.2 Å². The lowest BCUT2D eigenvalue weighted by atomic mass is 10.1. The Morgan fingerprint density at radius 3 is 2.50 bits per heavy atom. The van der Waals surface area contributed by atoms with Gasteiger partial charge in [0.2, 0.25) is 0 Å². The van der Waals surface area contributed by atoms with Gasteiger partial charge in [0.15, 0.2) is 11.5 Å². The average molecular weight is 574 g/mol. The van der Waals surface area contributed by atoms with E-state index in [0.29, 0.717) is 30.0 Å². The molecule has 0 aliphatic carbocycles. The van der Waals surface area contributed by atoms with Crippen molar-refractivity contribution in [3.63, 3.8) is 0 Å². The molecule has 2 heterocycles. The van der Waals surface area contributed by atoms with Gasteiger partial charge < -0.3 is 30.3 Å². The number of hydrogen-bond acceptors (Lipinski definition) is 7. The predicted octanol–water partition coefficient (Wildman–Crippen LogP) is 5.52. The van der Waals surface area contributed by atoms with Crippen LogP contribution in [0.15, 0.2) is 91.1 Å². The molecule has 1 aliphatic rings. The van der Waals surface area contributed by atoms with Crippen molar-refractivity contribution in [3.8, 4) is 11.5 Å². The minimum Gasteiger partial charge on any atom is -0.395 e. The highest BCUT2D eigenvalue weighted by atomic mass is 19.3. The topological polar surface area (TPSA) is 105 Å². The fourth-order valence-electron chi connectivity index (χ4n) is 4.39. The first kappa shape index (κ1) is 28.3. The van der Waals surface area contributed by atoms with Crippen LogP contribution in [0.1, 0.15) is 32.8 Å². The molecule has 3 aromatic carbocycles. The van der Waals surface area contributed by atoms with Gasteiger partial charge in [-0.3, -0.25) is 14.6 Å². The van der Waals surface area contributed by atoms with Crippen molar-refractivity contribution in [3.05, 3.63) is 108 Å². The van der Waals surface area contributed by atoms with E-state index in [9.17, 15) is 18.4 Å². The van der Waals surface area contributed by atoms with E-state index in [1.807, 2.05) is 37.4 Å². The zero-order valence-electron chi connectivity index (χ0n) is 22.8. The SMILES string of the molecule is CN(CCCNC(=O)c1cc(CNc2ccccc2C(=O)Nc2ccc3c(c2)OC(F)(F)O3)ccn1)c1ccccc1. The lowest BCUT2D eigenvalue weighted by Crippen LogP contribution is -2.28. The van der Waals surface area contributed by atoms with Crippen LogP contribution in [0.5, 0.6) is 11.5 Å². The van der Waals surface area contributed by atoms with Crippen LogP contribution >= 0.6 is 0 Å². The number of benzene rings is 3. The van der Waals surface area contributed by atoms with Crippen LogP contribution in [-0.4, -0.2) is 43.2 Å². The molecule has 42 heavy (non-hydrogen) atoms. The molecule has 5 rings (SSSR count). The number of fused-ring (bicyclic) bond motifs is 1. The van der Waals surface area contributed by atoms with Crippen molar-refractivity contribution in [2.24, 2.45) is 0 Å². The molecule has 3 N–H and O–H groups in total. The van der Waals surface area contributed by atoms with E-state index in [1.54, 1.807) is 42.6 Å². The van der Waals surface area contributed by atoms with Gasteiger partial charge in [-0.05, 0) is 60.5 Å². The number of carbonyl (C=O) groups excluding carboxylic acids is 2. The molecule has 0 atom stereocenters. The number of para-hydroxylation sites is 2. The normalized spacial score (nSPS) is 12.8. The van der Waals surface area contributed by atoms with Crippen molar-refractivity contribution in [1.82, 2.24) is 10.3 Å². The number of aromatic nitrogens is 1. The fourth-order valence-corrected chi connectivity index (χ4v) is 4.39. The van der Waals surface area contributed by atoms with Crippen LogP contribution in [0.25, 0.3) is 0 Å². The lowest BCUT2D eigenvalue weighted by molar-refractivity contribution is -0.286. The van der Waals surface area contributed by atoms with E-state index >= 15 is 0 Å². The second-order valence-corrected chi connectivity index (χ2v) is 9.60. The number of anilines is 3. The molecule has 9 nitrogen and oxygen atoms in total. The van der Waals surface area contributed by atoms with Gasteiger partial charge in [-0.15, -0.1) is 8.78 Å². The molecule has 0 fully saturated rings. The van der Waals surface area contributed by atoms with E-state index in [1.165, 1.54) is 18.2 Å². The third-order valence-electron chi connectivity index (χ3n) is 6.52. The summed E-state index contributed by atoms with van der Waals surface area (Å²) in [7, 11) is 2.01. The van der Waals surface area contributed by atoms with Gasteiger partial charge in [-0.2, -0.15) is 0 Å². The van der Waals surface area contributed by atoms with Crippen LogP contribution in [0, 0.1) is 0 Å². The molecule has 0 saturated heterocycles. The Kier molecular flexibility index (Phi) is 8.47. The summed E-state index contributed by atoms with van der Waals surface area (Å²) in [5.74, 6) is -0.987. The van der Waals surface area contributed by atoms with Gasteiger partial charge in [-0.25, -0.2) is 0 Å². The van der Waals surface area contributed by atoms with Crippen LogP contribution in [0.2, 0.25) is 0 Å². The van der Waals surface area contributed by atoms with E-state index in [4.69, 9.17) is 0 Å². The van der Waals surface area contributed by atoms with Crippen LogP contribution in [0.3, 0.4) is 0 Å². The van der Waals surface area contributed by atoms with Crippen molar-refractivity contribution in [1.29, 1.82) is 0 Å². The Morgan fingerprint density at radius 2 is 1.67 bits per heavy atom. The second-order valence-electron chi connectivity index (χ2n) is 9.60. The number of rotatable bonds is 11. The molecule has 1 aliphatic heterocycles. The van der Waals surface area contributed by atoms with Gasteiger partial charge >= 0.3 is 6.29 Å². The first-order valence-electron chi connectivity index (χ1n) is 13.3. The van der Waals surface area contributed by atoms with Crippen LogP contribution in [0.4, 0.5) is 25.8 Å².